The molecule has 0 spiro atoms. The topological polar surface area (TPSA) is 12.0 Å². The van der Waals surface area contributed by atoms with Crippen LogP contribution < -0.4 is 5.32 Å². The van der Waals surface area contributed by atoms with Crippen molar-refractivity contribution in [3.8, 4) is 0 Å². The zero-order valence-electron chi connectivity index (χ0n) is 10.0. The highest BCUT2D eigenvalue weighted by molar-refractivity contribution is 7.99. The molecule has 0 aromatic heterocycles. The van der Waals surface area contributed by atoms with Gasteiger partial charge < -0.3 is 5.32 Å². The van der Waals surface area contributed by atoms with E-state index >= 15 is 0 Å². The maximum Gasteiger partial charge on any atom is 0.0179 e. The molecule has 16 heavy (non-hydrogen) atoms. The van der Waals surface area contributed by atoms with Crippen LogP contribution >= 0.6 is 11.8 Å². The first kappa shape index (κ1) is 12.0. The van der Waals surface area contributed by atoms with Gasteiger partial charge in [0.05, 0.1) is 0 Å². The molecule has 0 amide bonds. The summed E-state index contributed by atoms with van der Waals surface area (Å²) < 4.78 is 0. The van der Waals surface area contributed by atoms with Crippen LogP contribution in [0.3, 0.4) is 0 Å². The van der Waals surface area contributed by atoms with Crippen molar-refractivity contribution >= 4 is 11.8 Å². The molecule has 0 saturated heterocycles. The van der Waals surface area contributed by atoms with E-state index in [9.17, 15) is 0 Å². The van der Waals surface area contributed by atoms with Crippen LogP contribution in [0.2, 0.25) is 0 Å². The zero-order chi connectivity index (χ0) is 11.3. The van der Waals surface area contributed by atoms with Crippen molar-refractivity contribution in [3.63, 3.8) is 0 Å². The third-order valence-corrected chi connectivity index (χ3v) is 4.62. The first-order valence-corrected chi connectivity index (χ1v) is 7.26. The highest BCUT2D eigenvalue weighted by atomic mass is 32.2. The van der Waals surface area contributed by atoms with Crippen LogP contribution in [0.25, 0.3) is 0 Å². The predicted molar refractivity (Wildman–Crippen MR) is 72.0 cm³/mol. The van der Waals surface area contributed by atoms with Crippen molar-refractivity contribution in [2.75, 3.05) is 12.3 Å². The summed E-state index contributed by atoms with van der Waals surface area (Å²) in [6.07, 6.45) is 5.44. The Balaban J connectivity index is 1.65. The van der Waals surface area contributed by atoms with Crippen molar-refractivity contribution in [1.29, 1.82) is 0 Å². The molecule has 1 aliphatic carbocycles. The summed E-state index contributed by atoms with van der Waals surface area (Å²) in [5.74, 6) is 1.17. The van der Waals surface area contributed by atoms with Gasteiger partial charge in [-0.05, 0) is 37.8 Å². The number of hydrogen-bond acceptors (Lipinski definition) is 2. The second-order valence-electron chi connectivity index (χ2n) is 4.58. The molecule has 2 heteroatoms. The summed E-state index contributed by atoms with van der Waals surface area (Å²) in [4.78, 5) is 1.38. The number of nitrogens with one attached hydrogen (secondary N) is 1. The quantitative estimate of drug-likeness (QED) is 0.596. The lowest BCUT2D eigenvalue weighted by atomic mass is 9.75. The van der Waals surface area contributed by atoms with Crippen LogP contribution in [0.15, 0.2) is 35.2 Å². The van der Waals surface area contributed by atoms with Crippen molar-refractivity contribution in [3.05, 3.63) is 30.3 Å². The van der Waals surface area contributed by atoms with E-state index in [0.717, 1.165) is 6.54 Å². The monoisotopic (exact) mass is 235 g/mol. The van der Waals surface area contributed by atoms with Crippen LogP contribution in [0.5, 0.6) is 0 Å². The van der Waals surface area contributed by atoms with Gasteiger partial charge in [0.25, 0.3) is 0 Å². The van der Waals surface area contributed by atoms with Gasteiger partial charge in [-0.2, -0.15) is 0 Å². The Hall–Kier alpha value is -0.470. The fourth-order valence-corrected chi connectivity index (χ4v) is 3.05. The van der Waals surface area contributed by atoms with Gasteiger partial charge >= 0.3 is 0 Å². The smallest absolute Gasteiger partial charge is 0.0179 e. The van der Waals surface area contributed by atoms with E-state index in [1.54, 1.807) is 0 Å². The lowest BCUT2D eigenvalue weighted by Gasteiger charge is -2.42. The number of benzene rings is 1. The van der Waals surface area contributed by atoms with Crippen LogP contribution in [0, 0.1) is 0 Å². The van der Waals surface area contributed by atoms with E-state index in [1.807, 2.05) is 11.8 Å². The van der Waals surface area contributed by atoms with E-state index in [2.05, 4.69) is 42.6 Å². The van der Waals surface area contributed by atoms with Gasteiger partial charge in [-0.25, -0.2) is 0 Å². The van der Waals surface area contributed by atoms with Crippen LogP contribution in [0.4, 0.5) is 0 Å². The molecule has 1 N–H and O–H groups in total. The second-order valence-corrected chi connectivity index (χ2v) is 5.74. The first-order valence-electron chi connectivity index (χ1n) is 6.27. The van der Waals surface area contributed by atoms with Gasteiger partial charge in [-0.1, -0.05) is 25.1 Å². The molecule has 0 atom stereocenters. The van der Waals surface area contributed by atoms with Crippen molar-refractivity contribution < 1.29 is 0 Å². The Morgan fingerprint density at radius 2 is 2.00 bits per heavy atom. The van der Waals surface area contributed by atoms with Gasteiger partial charge in [-0.3, -0.25) is 0 Å². The summed E-state index contributed by atoms with van der Waals surface area (Å²) >= 11 is 1.94. The second kappa shape index (κ2) is 5.74. The molecular formula is C14H21NS. The zero-order valence-corrected chi connectivity index (χ0v) is 10.9. The lowest BCUT2D eigenvalue weighted by Crippen LogP contribution is -2.51. The van der Waals surface area contributed by atoms with Crippen molar-refractivity contribution in [2.45, 2.75) is 43.0 Å². The minimum absolute atomic E-state index is 0.497. The number of hydrogen-bond donors (Lipinski definition) is 1. The highest BCUT2D eigenvalue weighted by Gasteiger charge is 2.33. The Labute approximate surface area is 103 Å². The summed E-state index contributed by atoms with van der Waals surface area (Å²) in [6, 6.07) is 10.7. The summed E-state index contributed by atoms with van der Waals surface area (Å²) in [5, 5.41) is 3.73. The fraction of sp³-hybridized carbons (Fsp3) is 0.571. The molecule has 0 unspecified atom stereocenters. The third-order valence-electron chi connectivity index (χ3n) is 3.60. The molecular weight excluding hydrogens is 214 g/mol. The van der Waals surface area contributed by atoms with Crippen molar-refractivity contribution in [1.82, 2.24) is 5.32 Å². The third kappa shape index (κ3) is 3.02. The summed E-state index contributed by atoms with van der Waals surface area (Å²) in [6.45, 7) is 3.43. The average molecular weight is 235 g/mol. The van der Waals surface area contributed by atoms with Gasteiger partial charge in [0, 0.05) is 22.7 Å². The molecule has 1 nitrogen and oxygen atoms in total. The van der Waals surface area contributed by atoms with E-state index < -0.39 is 0 Å². The average Bonchev–Trinajstić information content (AvgIpc) is 2.29. The predicted octanol–water partition coefficient (Wildman–Crippen LogP) is 3.70. The minimum Gasteiger partial charge on any atom is -0.310 e. The highest BCUT2D eigenvalue weighted by Crippen LogP contribution is 2.34. The molecule has 1 fully saturated rings. The largest absolute Gasteiger partial charge is 0.310 e. The maximum absolute atomic E-state index is 3.73. The molecule has 0 bridgehead atoms. The van der Waals surface area contributed by atoms with E-state index in [0.29, 0.717) is 5.54 Å². The van der Waals surface area contributed by atoms with Crippen LogP contribution in [0.1, 0.15) is 32.6 Å². The lowest BCUT2D eigenvalue weighted by molar-refractivity contribution is 0.182. The standard InChI is InChI=1S/C14H21NS/c1-2-14(9-6-10-14)15-11-12-16-13-7-4-3-5-8-13/h3-5,7-8,15H,2,6,9-12H2,1H3. The summed E-state index contributed by atoms with van der Waals surface area (Å²) in [7, 11) is 0. The van der Waals surface area contributed by atoms with E-state index in [4.69, 9.17) is 0 Å². The molecule has 88 valence electrons. The number of rotatable bonds is 6. The maximum atomic E-state index is 3.73. The number of thioether (sulfide) groups is 1. The molecule has 2 rings (SSSR count). The van der Waals surface area contributed by atoms with Gasteiger partial charge in [0.1, 0.15) is 0 Å². The Kier molecular flexibility index (Phi) is 4.30. The van der Waals surface area contributed by atoms with Crippen molar-refractivity contribution in [2.24, 2.45) is 0 Å². The molecule has 0 heterocycles. The van der Waals surface area contributed by atoms with Gasteiger partial charge in [0.15, 0.2) is 0 Å². The van der Waals surface area contributed by atoms with Gasteiger partial charge in [-0.15, -0.1) is 11.8 Å². The molecule has 0 radical (unpaired) electrons. The molecule has 1 aromatic carbocycles. The van der Waals surface area contributed by atoms with Crippen LogP contribution in [-0.4, -0.2) is 17.8 Å². The van der Waals surface area contributed by atoms with Gasteiger partial charge in [0.2, 0.25) is 0 Å². The van der Waals surface area contributed by atoms with E-state index in [-0.39, 0.29) is 0 Å². The van der Waals surface area contributed by atoms with E-state index in [1.165, 1.54) is 36.3 Å². The molecule has 0 aliphatic heterocycles. The Morgan fingerprint density at radius 1 is 1.25 bits per heavy atom. The minimum atomic E-state index is 0.497. The van der Waals surface area contributed by atoms with Crippen LogP contribution in [-0.2, 0) is 0 Å². The first-order chi connectivity index (χ1) is 7.85. The molecule has 1 aromatic rings. The Bertz CT molecular complexity index is 300. The fourth-order valence-electron chi connectivity index (χ4n) is 2.26. The SMILES string of the molecule is CCC1(NCCSc2ccccc2)CCC1. The molecule has 1 saturated carbocycles. The summed E-state index contributed by atoms with van der Waals surface area (Å²) in [5.41, 5.74) is 0.497. The Morgan fingerprint density at radius 3 is 2.56 bits per heavy atom. The molecule has 1 aliphatic rings. The normalized spacial score (nSPS) is 18.1.